The van der Waals surface area contributed by atoms with Crippen molar-refractivity contribution in [2.45, 2.75) is 29.9 Å². The lowest BCUT2D eigenvalue weighted by atomic mass is 10.1. The molecule has 0 bridgehead atoms. The maximum Gasteiger partial charge on any atom is 0.371 e. The van der Waals surface area contributed by atoms with Crippen molar-refractivity contribution in [3.05, 3.63) is 89.4 Å². The van der Waals surface area contributed by atoms with Gasteiger partial charge >= 0.3 is 5.97 Å². The van der Waals surface area contributed by atoms with Gasteiger partial charge in [0.25, 0.3) is 0 Å². The summed E-state index contributed by atoms with van der Waals surface area (Å²) >= 11 is 1.62. The first-order valence-electron chi connectivity index (χ1n) is 11.0. The van der Waals surface area contributed by atoms with Gasteiger partial charge in [-0.15, -0.1) is 11.8 Å². The summed E-state index contributed by atoms with van der Waals surface area (Å²) in [5.41, 5.74) is 2.60. The smallest absolute Gasteiger partial charge is 0.371 e. The van der Waals surface area contributed by atoms with Gasteiger partial charge in [0.2, 0.25) is 5.76 Å². The van der Waals surface area contributed by atoms with Crippen LogP contribution >= 0.6 is 11.8 Å². The molecule has 178 valence electrons. The fraction of sp³-hybridized carbons (Fsp3) is 0.259. The van der Waals surface area contributed by atoms with Crippen LogP contribution in [0.25, 0.3) is 6.08 Å². The first kappa shape index (κ1) is 25.2. The summed E-state index contributed by atoms with van der Waals surface area (Å²) in [6.07, 6.45) is 4.02. The van der Waals surface area contributed by atoms with Crippen molar-refractivity contribution < 1.29 is 24.1 Å². The number of methoxy groups -OCH3 is 2. The Bertz CT molecular complexity index is 1100. The number of nitrogens with zero attached hydrogens (tertiary/aromatic N) is 1. The van der Waals surface area contributed by atoms with Gasteiger partial charge in [0.1, 0.15) is 11.5 Å². The molecule has 6 nitrogen and oxygen atoms in total. The number of unbranched alkanes of at least 4 members (excludes halogenated alkanes) is 1. The summed E-state index contributed by atoms with van der Waals surface area (Å²) in [5.74, 6) is 1.07. The second-order valence-electron chi connectivity index (χ2n) is 7.46. The van der Waals surface area contributed by atoms with E-state index in [0.29, 0.717) is 18.1 Å². The highest BCUT2D eigenvalue weighted by atomic mass is 32.2. The van der Waals surface area contributed by atoms with Gasteiger partial charge in [-0.3, -0.25) is 4.98 Å². The molecule has 34 heavy (non-hydrogen) atoms. The van der Waals surface area contributed by atoms with Crippen molar-refractivity contribution in [1.82, 2.24) is 4.98 Å². The van der Waals surface area contributed by atoms with E-state index in [4.69, 9.17) is 14.2 Å². The van der Waals surface area contributed by atoms with Crippen molar-refractivity contribution in [2.24, 2.45) is 0 Å². The zero-order chi connectivity index (χ0) is 24.2. The highest BCUT2D eigenvalue weighted by molar-refractivity contribution is 7.98. The van der Waals surface area contributed by atoms with Crippen LogP contribution < -0.4 is 9.47 Å². The Hall–Kier alpha value is -3.45. The van der Waals surface area contributed by atoms with Crippen LogP contribution in [0.15, 0.2) is 77.4 Å². The number of carboxylic acids is 1. The standard InChI is InChI=1S/C27H29NO5S/c1-31-23-15-13-20(14-16-23)8-5-6-17-33-25(27(29)30)18-21-9-7-10-22(28-21)19-34-26-12-4-3-11-24(26)32-2/h3-4,7,9-16,18H,5-6,8,17,19H2,1-2H3,(H,29,30)/b25-18+. The van der Waals surface area contributed by atoms with Gasteiger partial charge in [-0.05, 0) is 61.2 Å². The van der Waals surface area contributed by atoms with E-state index in [2.05, 4.69) is 4.98 Å². The minimum absolute atomic E-state index is 0.105. The number of aryl methyl sites for hydroxylation is 1. The number of carbonyl (C=O) groups is 1. The van der Waals surface area contributed by atoms with Crippen LogP contribution in [0, 0.1) is 0 Å². The number of pyridine rings is 1. The number of aliphatic carboxylic acids is 1. The molecule has 0 unspecified atom stereocenters. The van der Waals surface area contributed by atoms with E-state index in [1.54, 1.807) is 32.0 Å². The molecule has 7 heteroatoms. The normalized spacial score (nSPS) is 11.2. The van der Waals surface area contributed by atoms with Crippen LogP contribution in [0.2, 0.25) is 0 Å². The molecule has 0 saturated heterocycles. The molecular formula is C27H29NO5S. The average molecular weight is 480 g/mol. The van der Waals surface area contributed by atoms with Gasteiger partial charge in [0, 0.05) is 16.7 Å². The fourth-order valence-corrected chi connectivity index (χ4v) is 4.19. The molecule has 1 N–H and O–H groups in total. The van der Waals surface area contributed by atoms with Gasteiger partial charge < -0.3 is 19.3 Å². The summed E-state index contributed by atoms with van der Waals surface area (Å²) in [6, 6.07) is 21.3. The van der Waals surface area contributed by atoms with E-state index in [9.17, 15) is 9.90 Å². The Labute approximate surface area is 204 Å². The molecule has 0 fully saturated rings. The van der Waals surface area contributed by atoms with E-state index in [1.807, 2.05) is 60.7 Å². The Morgan fingerprint density at radius 1 is 0.971 bits per heavy atom. The number of thioether (sulfide) groups is 1. The van der Waals surface area contributed by atoms with Crippen LogP contribution in [-0.4, -0.2) is 36.9 Å². The minimum Gasteiger partial charge on any atom is -0.497 e. The van der Waals surface area contributed by atoms with Gasteiger partial charge in [0.15, 0.2) is 0 Å². The second-order valence-corrected chi connectivity index (χ2v) is 8.48. The van der Waals surface area contributed by atoms with Crippen LogP contribution in [0.4, 0.5) is 0 Å². The van der Waals surface area contributed by atoms with Gasteiger partial charge in [0.05, 0.1) is 32.2 Å². The van der Waals surface area contributed by atoms with Crippen LogP contribution in [0.3, 0.4) is 0 Å². The SMILES string of the molecule is COc1ccc(CCCCO/C(=C/c2cccc(CSc3ccccc3OC)n2)C(=O)O)cc1. The lowest BCUT2D eigenvalue weighted by Gasteiger charge is -2.09. The van der Waals surface area contributed by atoms with Gasteiger partial charge in [-0.2, -0.15) is 0 Å². The Kier molecular flexibility index (Phi) is 9.85. The maximum atomic E-state index is 11.7. The van der Waals surface area contributed by atoms with E-state index >= 15 is 0 Å². The molecular weight excluding hydrogens is 450 g/mol. The summed E-state index contributed by atoms with van der Waals surface area (Å²) in [4.78, 5) is 17.3. The number of hydrogen-bond donors (Lipinski definition) is 1. The number of carboxylic acid groups (broad SMARTS) is 1. The summed E-state index contributed by atoms with van der Waals surface area (Å²) in [7, 11) is 3.29. The van der Waals surface area contributed by atoms with Crippen LogP contribution in [0.1, 0.15) is 29.8 Å². The molecule has 0 aliphatic rings. The molecule has 1 aromatic heterocycles. The van der Waals surface area contributed by atoms with Crippen molar-refractivity contribution in [3.8, 4) is 11.5 Å². The molecule has 3 aromatic rings. The number of aromatic nitrogens is 1. The first-order chi connectivity index (χ1) is 16.6. The lowest BCUT2D eigenvalue weighted by Crippen LogP contribution is -2.07. The van der Waals surface area contributed by atoms with Gasteiger partial charge in [-0.1, -0.05) is 30.3 Å². The fourth-order valence-electron chi connectivity index (χ4n) is 3.25. The summed E-state index contributed by atoms with van der Waals surface area (Å²) in [6.45, 7) is 0.331. The number of hydrogen-bond acceptors (Lipinski definition) is 6. The summed E-state index contributed by atoms with van der Waals surface area (Å²) < 4.78 is 16.1. The third kappa shape index (κ3) is 7.85. The zero-order valence-electron chi connectivity index (χ0n) is 19.4. The highest BCUT2D eigenvalue weighted by Gasteiger charge is 2.10. The number of benzene rings is 2. The third-order valence-electron chi connectivity index (χ3n) is 5.04. The lowest BCUT2D eigenvalue weighted by molar-refractivity contribution is -0.136. The van der Waals surface area contributed by atoms with Crippen LogP contribution in [0.5, 0.6) is 11.5 Å². The van der Waals surface area contributed by atoms with Crippen molar-refractivity contribution in [1.29, 1.82) is 0 Å². The quantitative estimate of drug-likeness (QED) is 0.142. The predicted octanol–water partition coefficient (Wildman–Crippen LogP) is 5.86. The van der Waals surface area contributed by atoms with E-state index in [0.717, 1.165) is 41.4 Å². The Morgan fingerprint density at radius 2 is 1.76 bits per heavy atom. The van der Waals surface area contributed by atoms with E-state index in [1.165, 1.54) is 11.6 Å². The summed E-state index contributed by atoms with van der Waals surface area (Å²) in [5, 5.41) is 9.55. The molecule has 0 saturated carbocycles. The molecule has 2 aromatic carbocycles. The highest BCUT2D eigenvalue weighted by Crippen LogP contribution is 2.30. The first-order valence-corrected chi connectivity index (χ1v) is 12.0. The van der Waals surface area contributed by atoms with Crippen molar-refractivity contribution in [2.75, 3.05) is 20.8 Å². The Morgan fingerprint density at radius 3 is 2.50 bits per heavy atom. The van der Waals surface area contributed by atoms with E-state index in [-0.39, 0.29) is 5.76 Å². The molecule has 0 spiro atoms. The number of rotatable bonds is 13. The van der Waals surface area contributed by atoms with Gasteiger partial charge in [-0.25, -0.2) is 4.79 Å². The molecule has 0 amide bonds. The van der Waals surface area contributed by atoms with Crippen molar-refractivity contribution in [3.63, 3.8) is 0 Å². The number of ether oxygens (including phenoxy) is 3. The van der Waals surface area contributed by atoms with Crippen molar-refractivity contribution >= 4 is 23.8 Å². The third-order valence-corrected chi connectivity index (χ3v) is 6.13. The topological polar surface area (TPSA) is 77.9 Å². The zero-order valence-corrected chi connectivity index (χ0v) is 20.2. The second kappa shape index (κ2) is 13.3. The number of para-hydroxylation sites is 1. The minimum atomic E-state index is -1.11. The predicted molar refractivity (Wildman–Crippen MR) is 134 cm³/mol. The van der Waals surface area contributed by atoms with Crippen LogP contribution in [-0.2, 0) is 21.7 Å². The van der Waals surface area contributed by atoms with E-state index < -0.39 is 5.97 Å². The molecule has 1 heterocycles. The molecule has 0 atom stereocenters. The monoisotopic (exact) mass is 479 g/mol. The molecule has 0 aliphatic heterocycles. The Balaban J connectivity index is 1.52. The largest absolute Gasteiger partial charge is 0.497 e. The molecule has 3 rings (SSSR count). The molecule has 0 aliphatic carbocycles. The average Bonchev–Trinajstić information content (AvgIpc) is 2.87. The molecule has 0 radical (unpaired) electrons. The maximum absolute atomic E-state index is 11.7.